The molecule has 1 aromatic heterocycles. The number of aromatic nitrogens is 1. The highest BCUT2D eigenvalue weighted by molar-refractivity contribution is 7.90. The Balaban J connectivity index is 1.64. The van der Waals surface area contributed by atoms with Gasteiger partial charge in [0, 0.05) is 43.5 Å². The topological polar surface area (TPSA) is 113 Å². The van der Waals surface area contributed by atoms with Crippen molar-refractivity contribution in [2.75, 3.05) is 13.6 Å². The van der Waals surface area contributed by atoms with Crippen LogP contribution in [0, 0.1) is 5.92 Å². The minimum atomic E-state index is -4.05. The van der Waals surface area contributed by atoms with Gasteiger partial charge in [-0.1, -0.05) is 36.3 Å². The molecule has 4 bridgehead atoms. The van der Waals surface area contributed by atoms with Crippen LogP contribution in [0.5, 0.6) is 0 Å². The van der Waals surface area contributed by atoms with Gasteiger partial charge < -0.3 is 9.64 Å². The van der Waals surface area contributed by atoms with Crippen molar-refractivity contribution in [1.82, 2.24) is 14.6 Å². The number of ether oxygens (including phenoxy) is 1. The van der Waals surface area contributed by atoms with Gasteiger partial charge in [0.1, 0.15) is 6.10 Å². The maximum atomic E-state index is 13.5. The average molecular weight is 520 g/mol. The summed E-state index contributed by atoms with van der Waals surface area (Å²) in [5.74, 6) is 0.191. The van der Waals surface area contributed by atoms with E-state index >= 15 is 0 Å². The third kappa shape index (κ3) is 4.93. The maximum Gasteiger partial charge on any atom is 0.264 e. The number of allylic oxidation sites excluding steroid dienone is 3. The Labute approximate surface area is 216 Å². The van der Waals surface area contributed by atoms with Crippen LogP contribution in [-0.4, -0.2) is 49.7 Å². The lowest BCUT2D eigenvalue weighted by Crippen LogP contribution is -2.39. The van der Waals surface area contributed by atoms with Crippen LogP contribution < -0.4 is 4.72 Å². The van der Waals surface area contributed by atoms with Crippen LogP contribution in [-0.2, 0) is 21.3 Å². The molecule has 2 aliphatic heterocycles. The predicted octanol–water partition coefficient (Wildman–Crippen LogP) is 3.77. The number of fused-ring (bicyclic) bond motifs is 6. The van der Waals surface area contributed by atoms with Gasteiger partial charge in [-0.05, 0) is 49.1 Å². The summed E-state index contributed by atoms with van der Waals surface area (Å²) in [5.41, 5.74) is 4.36. The number of guanidine groups is 1. The lowest BCUT2D eigenvalue weighted by Gasteiger charge is -2.35. The molecule has 0 radical (unpaired) electrons. The van der Waals surface area contributed by atoms with Crippen molar-refractivity contribution in [3.05, 3.63) is 82.7 Å². The van der Waals surface area contributed by atoms with E-state index in [1.165, 1.54) is 19.2 Å². The Morgan fingerprint density at radius 1 is 1.27 bits per heavy atom. The van der Waals surface area contributed by atoms with E-state index in [4.69, 9.17) is 4.74 Å². The number of sulfonamides is 1. The molecular formula is C27H29N5O4S. The van der Waals surface area contributed by atoms with E-state index in [1.807, 2.05) is 13.0 Å². The van der Waals surface area contributed by atoms with Crippen molar-refractivity contribution in [2.24, 2.45) is 15.9 Å². The number of carbonyl (C=O) groups excluding carboxylic acids is 1. The standard InChI is InChI=1S/C27H29N5O4S/c1-4-18-9-8-17(2)22(18)13-25-30-27(28-3)31-37(34,35)21-7-5-6-19(12-21)26(33)32-15-20-10-11-29-14-23(20)24(16-32)36-25/h5-12,14,18,24H,4,13,15-16H2,1-3H3,(H,28,31)/b30-25+/t18-,24?/m0/s1. The predicted molar refractivity (Wildman–Crippen MR) is 141 cm³/mol. The maximum absolute atomic E-state index is 13.5. The molecule has 1 amide bonds. The number of nitrogens with one attached hydrogen (secondary N) is 1. The molecule has 3 heterocycles. The van der Waals surface area contributed by atoms with Gasteiger partial charge in [0.15, 0.2) is 5.90 Å². The highest BCUT2D eigenvalue weighted by atomic mass is 32.2. The Morgan fingerprint density at radius 2 is 2.11 bits per heavy atom. The number of hydrogen-bond acceptors (Lipinski definition) is 6. The quantitative estimate of drug-likeness (QED) is 0.663. The molecule has 9 nitrogen and oxygen atoms in total. The summed E-state index contributed by atoms with van der Waals surface area (Å²) in [7, 11) is -2.58. The first-order valence-electron chi connectivity index (χ1n) is 12.2. The zero-order chi connectivity index (χ0) is 26.2. The fourth-order valence-electron chi connectivity index (χ4n) is 4.95. The number of rotatable bonds is 3. The highest BCUT2D eigenvalue weighted by Crippen LogP contribution is 2.34. The summed E-state index contributed by atoms with van der Waals surface area (Å²) in [6, 6.07) is 7.87. The van der Waals surface area contributed by atoms with Crippen LogP contribution in [0.1, 0.15) is 54.3 Å². The monoisotopic (exact) mass is 519 g/mol. The molecule has 1 aliphatic carbocycles. The summed E-state index contributed by atoms with van der Waals surface area (Å²) in [6.07, 6.45) is 8.47. The molecule has 1 N–H and O–H groups in total. The molecule has 2 atom stereocenters. The van der Waals surface area contributed by atoms with Crippen LogP contribution in [0.25, 0.3) is 0 Å². The number of aliphatic imine (C=N–C) groups is 2. The number of carbonyl (C=O) groups is 1. The number of nitrogens with zero attached hydrogens (tertiary/aromatic N) is 4. The van der Waals surface area contributed by atoms with E-state index in [9.17, 15) is 13.2 Å². The van der Waals surface area contributed by atoms with Crippen LogP contribution in [0.3, 0.4) is 0 Å². The van der Waals surface area contributed by atoms with E-state index in [1.54, 1.807) is 29.4 Å². The Morgan fingerprint density at radius 3 is 2.89 bits per heavy atom. The summed E-state index contributed by atoms with van der Waals surface area (Å²) >= 11 is 0. The minimum Gasteiger partial charge on any atom is -0.470 e. The van der Waals surface area contributed by atoms with Crippen molar-refractivity contribution >= 4 is 27.8 Å². The Hall–Kier alpha value is -3.79. The second kappa shape index (κ2) is 9.93. The van der Waals surface area contributed by atoms with Crippen molar-refractivity contribution in [1.29, 1.82) is 0 Å². The van der Waals surface area contributed by atoms with Crippen LogP contribution in [0.4, 0.5) is 0 Å². The highest BCUT2D eigenvalue weighted by Gasteiger charge is 2.33. The van der Waals surface area contributed by atoms with E-state index in [-0.39, 0.29) is 34.8 Å². The molecule has 192 valence electrons. The molecule has 0 saturated heterocycles. The van der Waals surface area contributed by atoms with Crippen molar-refractivity contribution in [3.63, 3.8) is 0 Å². The summed E-state index contributed by atoms with van der Waals surface area (Å²) in [5, 5.41) is 0. The van der Waals surface area contributed by atoms with Gasteiger partial charge in [-0.2, -0.15) is 4.99 Å². The van der Waals surface area contributed by atoms with Gasteiger partial charge in [0.25, 0.3) is 15.9 Å². The van der Waals surface area contributed by atoms with Gasteiger partial charge in [-0.3, -0.25) is 14.8 Å². The fourth-order valence-corrected chi connectivity index (χ4v) is 5.99. The van der Waals surface area contributed by atoms with Crippen molar-refractivity contribution in [2.45, 2.75) is 44.2 Å². The van der Waals surface area contributed by atoms with E-state index in [2.05, 4.69) is 38.8 Å². The SMILES string of the molecule is CC[C@H]1C=CC(C)=C1C/C1=N\C(=N/C)NS(=O)(=O)c2cccc(c2)C(=O)N2Cc3ccncc3C(C2)O1. The zero-order valence-corrected chi connectivity index (χ0v) is 21.8. The first-order chi connectivity index (χ1) is 17.8. The molecule has 10 heteroatoms. The molecule has 1 aromatic carbocycles. The zero-order valence-electron chi connectivity index (χ0n) is 21.0. The molecule has 2 aromatic rings. The number of pyridine rings is 1. The first-order valence-corrected chi connectivity index (χ1v) is 13.7. The average Bonchev–Trinajstić information content (AvgIpc) is 3.26. The molecule has 37 heavy (non-hydrogen) atoms. The van der Waals surface area contributed by atoms with Crippen LogP contribution >= 0.6 is 0 Å². The van der Waals surface area contributed by atoms with E-state index in [0.29, 0.717) is 18.9 Å². The largest absolute Gasteiger partial charge is 0.470 e. The van der Waals surface area contributed by atoms with E-state index in [0.717, 1.165) is 28.7 Å². The minimum absolute atomic E-state index is 0.0424. The van der Waals surface area contributed by atoms with E-state index < -0.39 is 16.1 Å². The molecule has 0 spiro atoms. The van der Waals surface area contributed by atoms with Gasteiger partial charge in [-0.25, -0.2) is 13.1 Å². The van der Waals surface area contributed by atoms with Crippen molar-refractivity contribution < 1.29 is 17.9 Å². The molecule has 1 unspecified atom stereocenters. The van der Waals surface area contributed by atoms with Gasteiger partial charge in [0.05, 0.1) is 11.4 Å². The smallest absolute Gasteiger partial charge is 0.264 e. The molecule has 0 saturated carbocycles. The second-order valence-electron chi connectivity index (χ2n) is 9.31. The van der Waals surface area contributed by atoms with Gasteiger partial charge >= 0.3 is 0 Å². The molecule has 3 aliphatic rings. The lowest BCUT2D eigenvalue weighted by molar-refractivity contribution is 0.0571. The summed E-state index contributed by atoms with van der Waals surface area (Å²) < 4.78 is 35.4. The molecule has 0 fully saturated rings. The summed E-state index contributed by atoms with van der Waals surface area (Å²) in [4.78, 5) is 28.1. The first kappa shape index (κ1) is 24.9. The summed E-state index contributed by atoms with van der Waals surface area (Å²) in [6.45, 7) is 4.81. The normalized spacial score (nSPS) is 25.3. The second-order valence-corrected chi connectivity index (χ2v) is 11.0. The van der Waals surface area contributed by atoms with Crippen molar-refractivity contribution in [3.8, 4) is 0 Å². The van der Waals surface area contributed by atoms with Crippen LogP contribution in [0.15, 0.2) is 80.9 Å². The third-order valence-corrected chi connectivity index (χ3v) is 8.31. The third-order valence-electron chi connectivity index (χ3n) is 6.98. The fraction of sp³-hybridized carbons (Fsp3) is 0.333. The lowest BCUT2D eigenvalue weighted by atomic mass is 9.95. The molecule has 5 rings (SSSR count). The number of hydrogen-bond donors (Lipinski definition) is 1. The Bertz CT molecular complexity index is 1480. The number of amides is 1. The van der Waals surface area contributed by atoms with Gasteiger partial charge in [-0.15, -0.1) is 0 Å². The van der Waals surface area contributed by atoms with Gasteiger partial charge in [0.2, 0.25) is 5.96 Å². The molecular weight excluding hydrogens is 490 g/mol. The number of benzene rings is 1. The van der Waals surface area contributed by atoms with Crippen LogP contribution in [0.2, 0.25) is 0 Å². The Kier molecular flexibility index (Phi) is 6.68.